The van der Waals surface area contributed by atoms with Crippen molar-refractivity contribution in [3.63, 3.8) is 0 Å². The Kier molecular flexibility index (Phi) is 4.40. The molecule has 2 aromatic carbocycles. The first-order valence-electron chi connectivity index (χ1n) is 8.35. The van der Waals surface area contributed by atoms with Crippen LogP contribution in [-0.4, -0.2) is 33.0 Å². The van der Waals surface area contributed by atoms with Gasteiger partial charge in [-0.1, -0.05) is 12.1 Å². The minimum Gasteiger partial charge on any atom is -0.496 e. The van der Waals surface area contributed by atoms with Crippen LogP contribution < -0.4 is 10.1 Å². The van der Waals surface area contributed by atoms with Gasteiger partial charge < -0.3 is 10.1 Å². The predicted molar refractivity (Wildman–Crippen MR) is 102 cm³/mol. The number of amides is 1. The molecule has 4 rings (SSSR count). The zero-order valence-electron chi connectivity index (χ0n) is 14.6. The van der Waals surface area contributed by atoms with Gasteiger partial charge in [-0.2, -0.15) is 10.2 Å². The molecule has 0 unspecified atom stereocenters. The normalized spacial score (nSPS) is 10.6. The fourth-order valence-corrected chi connectivity index (χ4v) is 2.77. The third kappa shape index (κ3) is 3.43. The molecule has 0 atom stereocenters. The summed E-state index contributed by atoms with van der Waals surface area (Å²) in [6.45, 7) is 0. The van der Waals surface area contributed by atoms with Crippen molar-refractivity contribution in [1.82, 2.24) is 20.0 Å². The molecule has 7 nitrogen and oxygen atoms in total. The third-order valence-electron chi connectivity index (χ3n) is 4.12. The topological polar surface area (TPSA) is 84.8 Å². The summed E-state index contributed by atoms with van der Waals surface area (Å²) in [7, 11) is 1.62. The number of nitrogens with zero attached hydrogens (tertiary/aromatic N) is 3. The summed E-state index contributed by atoms with van der Waals surface area (Å²) in [5.41, 5.74) is 3.05. The Labute approximate surface area is 155 Å². The van der Waals surface area contributed by atoms with E-state index in [0.29, 0.717) is 11.4 Å². The average molecular weight is 359 g/mol. The van der Waals surface area contributed by atoms with Gasteiger partial charge in [0, 0.05) is 29.6 Å². The molecule has 0 saturated carbocycles. The fourth-order valence-electron chi connectivity index (χ4n) is 2.77. The Balaban J connectivity index is 1.50. The molecule has 2 heterocycles. The Bertz CT molecular complexity index is 1050. The van der Waals surface area contributed by atoms with Gasteiger partial charge in [0.2, 0.25) is 0 Å². The lowest BCUT2D eigenvalue weighted by Crippen LogP contribution is -2.12. The highest BCUT2D eigenvalue weighted by Gasteiger charge is 2.12. The van der Waals surface area contributed by atoms with Crippen LogP contribution in [0.4, 0.5) is 5.82 Å². The second kappa shape index (κ2) is 7.17. The van der Waals surface area contributed by atoms with E-state index in [4.69, 9.17) is 4.74 Å². The van der Waals surface area contributed by atoms with Crippen LogP contribution in [0.3, 0.4) is 0 Å². The smallest absolute Gasteiger partial charge is 0.256 e. The molecule has 0 aliphatic rings. The van der Waals surface area contributed by atoms with Crippen molar-refractivity contribution in [2.75, 3.05) is 12.4 Å². The highest BCUT2D eigenvalue weighted by Crippen LogP contribution is 2.29. The number of ether oxygens (including phenoxy) is 1. The van der Waals surface area contributed by atoms with E-state index in [2.05, 4.69) is 20.6 Å². The van der Waals surface area contributed by atoms with E-state index in [-0.39, 0.29) is 5.91 Å². The molecule has 0 spiro atoms. The van der Waals surface area contributed by atoms with E-state index in [9.17, 15) is 4.79 Å². The maximum atomic E-state index is 12.5. The number of hydrogen-bond acceptors (Lipinski definition) is 4. The number of carbonyl (C=O) groups excluding carboxylic acids is 1. The molecule has 0 bridgehead atoms. The Morgan fingerprint density at radius 3 is 2.67 bits per heavy atom. The lowest BCUT2D eigenvalue weighted by Gasteiger charge is -2.05. The number of para-hydroxylation sites is 1. The minimum absolute atomic E-state index is 0.236. The van der Waals surface area contributed by atoms with Crippen LogP contribution in [0.15, 0.2) is 73.1 Å². The number of hydrogen-bond donors (Lipinski definition) is 2. The van der Waals surface area contributed by atoms with Gasteiger partial charge in [0.1, 0.15) is 5.75 Å². The number of anilines is 1. The molecular formula is C20H17N5O2. The molecule has 0 saturated heterocycles. The molecule has 0 fully saturated rings. The Morgan fingerprint density at radius 1 is 1.11 bits per heavy atom. The van der Waals surface area contributed by atoms with Crippen molar-refractivity contribution in [2.45, 2.75) is 0 Å². The first-order chi connectivity index (χ1) is 13.2. The van der Waals surface area contributed by atoms with Crippen LogP contribution in [0.5, 0.6) is 5.75 Å². The van der Waals surface area contributed by atoms with E-state index in [1.165, 1.54) is 0 Å². The number of aromatic amines is 1. The van der Waals surface area contributed by atoms with Crippen LogP contribution in [0.2, 0.25) is 0 Å². The van der Waals surface area contributed by atoms with Gasteiger partial charge in [-0.3, -0.25) is 9.89 Å². The largest absolute Gasteiger partial charge is 0.496 e. The SMILES string of the molecule is COc1ccccc1-c1cc(NC(=O)c2ccc(-n3cccn3)cc2)n[nH]1. The maximum absolute atomic E-state index is 12.5. The molecule has 1 amide bonds. The summed E-state index contributed by atoms with van der Waals surface area (Å²) in [6, 6.07) is 18.4. The van der Waals surface area contributed by atoms with E-state index < -0.39 is 0 Å². The van der Waals surface area contributed by atoms with E-state index in [0.717, 1.165) is 22.7 Å². The van der Waals surface area contributed by atoms with Crippen molar-refractivity contribution in [3.8, 4) is 22.7 Å². The monoisotopic (exact) mass is 359 g/mol. The van der Waals surface area contributed by atoms with Crippen molar-refractivity contribution >= 4 is 11.7 Å². The molecule has 2 aromatic heterocycles. The lowest BCUT2D eigenvalue weighted by atomic mass is 10.1. The Hall–Kier alpha value is -3.87. The first-order valence-corrected chi connectivity index (χ1v) is 8.35. The van der Waals surface area contributed by atoms with E-state index in [1.54, 1.807) is 36.2 Å². The predicted octanol–water partition coefficient (Wildman–Crippen LogP) is 3.52. The number of H-pyrrole nitrogens is 1. The molecule has 0 radical (unpaired) electrons. The first kappa shape index (κ1) is 16.6. The quantitative estimate of drug-likeness (QED) is 0.571. The second-order valence-corrected chi connectivity index (χ2v) is 5.82. The van der Waals surface area contributed by atoms with Crippen molar-refractivity contribution in [3.05, 3.63) is 78.6 Å². The zero-order valence-corrected chi connectivity index (χ0v) is 14.6. The van der Waals surface area contributed by atoms with Crippen molar-refractivity contribution < 1.29 is 9.53 Å². The van der Waals surface area contributed by atoms with Gasteiger partial charge in [0.25, 0.3) is 5.91 Å². The number of methoxy groups -OCH3 is 1. The van der Waals surface area contributed by atoms with Crippen molar-refractivity contribution in [1.29, 1.82) is 0 Å². The molecule has 134 valence electrons. The number of benzene rings is 2. The molecule has 0 aliphatic carbocycles. The van der Waals surface area contributed by atoms with Gasteiger partial charge in [0.05, 0.1) is 18.5 Å². The molecule has 4 aromatic rings. The van der Waals surface area contributed by atoms with Gasteiger partial charge in [-0.25, -0.2) is 4.68 Å². The number of aromatic nitrogens is 4. The summed E-state index contributed by atoms with van der Waals surface area (Å²) in [5.74, 6) is 0.936. The number of rotatable bonds is 5. The fraction of sp³-hybridized carbons (Fsp3) is 0.0500. The van der Waals surface area contributed by atoms with Crippen LogP contribution in [-0.2, 0) is 0 Å². The average Bonchev–Trinajstić information content (AvgIpc) is 3.40. The summed E-state index contributed by atoms with van der Waals surface area (Å²) >= 11 is 0. The number of carbonyl (C=O) groups is 1. The highest BCUT2D eigenvalue weighted by molar-refractivity contribution is 6.04. The molecule has 27 heavy (non-hydrogen) atoms. The Morgan fingerprint density at radius 2 is 1.93 bits per heavy atom. The minimum atomic E-state index is -0.236. The summed E-state index contributed by atoms with van der Waals surface area (Å²) < 4.78 is 7.09. The standard InChI is InChI=1S/C20H17N5O2/c1-27-18-6-3-2-5-16(18)17-13-19(24-23-17)22-20(26)14-7-9-15(10-8-14)25-12-4-11-21-25/h2-13H,1H3,(H2,22,23,24,26). The van der Waals surface area contributed by atoms with Crippen LogP contribution in [0.25, 0.3) is 16.9 Å². The lowest BCUT2D eigenvalue weighted by molar-refractivity contribution is 0.102. The molecular weight excluding hydrogens is 342 g/mol. The van der Waals surface area contributed by atoms with E-state index >= 15 is 0 Å². The molecule has 7 heteroatoms. The van der Waals surface area contributed by atoms with Gasteiger partial charge in [-0.05, 0) is 42.5 Å². The van der Waals surface area contributed by atoms with Crippen molar-refractivity contribution in [2.24, 2.45) is 0 Å². The summed E-state index contributed by atoms with van der Waals surface area (Å²) in [5, 5.41) is 14.1. The summed E-state index contributed by atoms with van der Waals surface area (Å²) in [6.07, 6.45) is 3.55. The van der Waals surface area contributed by atoms with Gasteiger partial charge in [-0.15, -0.1) is 0 Å². The molecule has 0 aliphatic heterocycles. The second-order valence-electron chi connectivity index (χ2n) is 5.82. The molecule has 2 N–H and O–H groups in total. The van der Waals surface area contributed by atoms with Gasteiger partial charge in [0.15, 0.2) is 5.82 Å². The van der Waals surface area contributed by atoms with Crippen LogP contribution in [0.1, 0.15) is 10.4 Å². The summed E-state index contributed by atoms with van der Waals surface area (Å²) in [4.78, 5) is 12.5. The van der Waals surface area contributed by atoms with Crippen LogP contribution >= 0.6 is 0 Å². The third-order valence-corrected chi connectivity index (χ3v) is 4.12. The van der Waals surface area contributed by atoms with Gasteiger partial charge >= 0.3 is 0 Å². The zero-order chi connectivity index (χ0) is 18.6. The maximum Gasteiger partial charge on any atom is 0.256 e. The van der Waals surface area contributed by atoms with Crippen LogP contribution in [0, 0.1) is 0 Å². The number of nitrogens with one attached hydrogen (secondary N) is 2. The highest BCUT2D eigenvalue weighted by atomic mass is 16.5. The van der Waals surface area contributed by atoms with E-state index in [1.807, 2.05) is 48.7 Å².